The van der Waals surface area contributed by atoms with Crippen LogP contribution < -0.4 is 5.32 Å². The Morgan fingerprint density at radius 2 is 1.54 bits per heavy atom. The maximum Gasteiger partial charge on any atom is 0.320 e. The van der Waals surface area contributed by atoms with E-state index in [0.29, 0.717) is 6.54 Å². The Morgan fingerprint density at radius 3 is 2.25 bits per heavy atom. The molecular weight excluding hydrogens is 370 g/mol. The van der Waals surface area contributed by atoms with Gasteiger partial charge in [-0.2, -0.15) is 0 Å². The second kappa shape index (κ2) is 9.21. The molecule has 1 N–H and O–H groups in total. The maximum absolute atomic E-state index is 12.8. The molecule has 1 aromatic rings. The van der Waals surface area contributed by atoms with Crippen LogP contribution in [0.2, 0.25) is 0 Å². The van der Waals surface area contributed by atoms with Crippen LogP contribution >= 0.6 is 11.8 Å². The number of nitrogens with one attached hydrogen (secondary N) is 1. The summed E-state index contributed by atoms with van der Waals surface area (Å²) in [7, 11) is 0. The Balaban J connectivity index is 1.29. The van der Waals surface area contributed by atoms with Gasteiger partial charge in [-0.15, -0.1) is 11.8 Å². The van der Waals surface area contributed by atoms with E-state index in [2.05, 4.69) is 17.4 Å². The summed E-state index contributed by atoms with van der Waals surface area (Å²) in [6, 6.07) is 8.35. The molecule has 2 aliphatic heterocycles. The predicted molar refractivity (Wildman–Crippen MR) is 114 cm³/mol. The molecule has 3 fully saturated rings. The lowest BCUT2D eigenvalue weighted by molar-refractivity contribution is -0.121. The molecule has 3 amide bonds. The van der Waals surface area contributed by atoms with Gasteiger partial charge in [-0.05, 0) is 62.8 Å². The fourth-order valence-corrected chi connectivity index (χ4v) is 5.78. The van der Waals surface area contributed by atoms with Gasteiger partial charge in [0.2, 0.25) is 5.91 Å². The number of thioether (sulfide) groups is 1. The molecule has 152 valence electrons. The predicted octanol–water partition coefficient (Wildman–Crippen LogP) is 4.59. The van der Waals surface area contributed by atoms with E-state index >= 15 is 0 Å². The van der Waals surface area contributed by atoms with Crippen molar-refractivity contribution in [2.24, 2.45) is 5.92 Å². The number of benzene rings is 1. The molecule has 3 aliphatic rings. The average molecular weight is 402 g/mol. The molecule has 2 heterocycles. The minimum absolute atomic E-state index is 0.0371. The first kappa shape index (κ1) is 19.6. The zero-order valence-corrected chi connectivity index (χ0v) is 17.4. The molecule has 0 spiro atoms. The van der Waals surface area contributed by atoms with Gasteiger partial charge in [-0.25, -0.2) is 4.79 Å². The van der Waals surface area contributed by atoms with E-state index in [0.717, 1.165) is 56.3 Å². The molecule has 1 saturated carbocycles. The molecule has 1 aromatic carbocycles. The second-order valence-corrected chi connectivity index (χ2v) is 9.67. The van der Waals surface area contributed by atoms with Gasteiger partial charge in [-0.1, -0.05) is 12.8 Å². The van der Waals surface area contributed by atoms with Crippen LogP contribution in [0.3, 0.4) is 0 Å². The number of hydrogen-bond acceptors (Lipinski definition) is 3. The van der Waals surface area contributed by atoms with Crippen molar-refractivity contribution in [1.29, 1.82) is 0 Å². The van der Waals surface area contributed by atoms with E-state index < -0.39 is 0 Å². The van der Waals surface area contributed by atoms with Gasteiger partial charge in [0, 0.05) is 42.0 Å². The zero-order valence-electron chi connectivity index (χ0n) is 16.6. The van der Waals surface area contributed by atoms with Crippen LogP contribution in [0.25, 0.3) is 0 Å². The van der Waals surface area contributed by atoms with Crippen LogP contribution in [0, 0.1) is 5.92 Å². The van der Waals surface area contributed by atoms with Gasteiger partial charge >= 0.3 is 6.03 Å². The fourth-order valence-electron chi connectivity index (χ4n) is 4.53. The third-order valence-corrected chi connectivity index (χ3v) is 7.52. The van der Waals surface area contributed by atoms with Gasteiger partial charge in [0.25, 0.3) is 0 Å². The standard InChI is InChI=1S/C22H31N3O2S/c26-21(17-6-5-15-25(16-17)22(27)24-13-3-4-14-24)23-18-9-11-20(12-10-18)28-19-7-1-2-8-19/h9-12,17,19H,1-8,13-16H2,(H,23,26). The molecule has 0 bridgehead atoms. The largest absolute Gasteiger partial charge is 0.326 e. The summed E-state index contributed by atoms with van der Waals surface area (Å²) in [6.45, 7) is 3.03. The minimum atomic E-state index is -0.118. The fraction of sp³-hybridized carbons (Fsp3) is 0.636. The summed E-state index contributed by atoms with van der Waals surface area (Å²) in [5, 5.41) is 3.81. The van der Waals surface area contributed by atoms with Gasteiger partial charge in [0.05, 0.1) is 5.92 Å². The Kier molecular flexibility index (Phi) is 6.45. The van der Waals surface area contributed by atoms with Crippen molar-refractivity contribution in [3.05, 3.63) is 24.3 Å². The van der Waals surface area contributed by atoms with Crippen molar-refractivity contribution in [1.82, 2.24) is 9.80 Å². The zero-order chi connectivity index (χ0) is 19.3. The second-order valence-electron chi connectivity index (χ2n) is 8.30. The quantitative estimate of drug-likeness (QED) is 0.803. The monoisotopic (exact) mass is 401 g/mol. The number of hydrogen-bond donors (Lipinski definition) is 1. The van der Waals surface area contributed by atoms with Crippen LogP contribution in [0.15, 0.2) is 29.2 Å². The molecule has 0 radical (unpaired) electrons. The van der Waals surface area contributed by atoms with Crippen molar-refractivity contribution in [2.45, 2.75) is 61.5 Å². The highest BCUT2D eigenvalue weighted by Crippen LogP contribution is 2.35. The number of carbonyl (C=O) groups is 2. The van der Waals surface area contributed by atoms with Crippen LogP contribution in [0.5, 0.6) is 0 Å². The molecule has 2 saturated heterocycles. The van der Waals surface area contributed by atoms with Crippen molar-refractivity contribution in [3.8, 4) is 0 Å². The molecule has 1 unspecified atom stereocenters. The number of urea groups is 1. The number of rotatable bonds is 4. The number of likely N-dealkylation sites (tertiary alicyclic amines) is 2. The average Bonchev–Trinajstić information content (AvgIpc) is 3.43. The van der Waals surface area contributed by atoms with Gasteiger partial charge in [0.15, 0.2) is 0 Å². The SMILES string of the molecule is O=C(Nc1ccc(SC2CCCC2)cc1)C1CCCN(C(=O)N2CCCC2)C1. The van der Waals surface area contributed by atoms with E-state index in [4.69, 9.17) is 0 Å². The summed E-state index contributed by atoms with van der Waals surface area (Å²) in [5.74, 6) is -0.0806. The lowest BCUT2D eigenvalue weighted by Gasteiger charge is -2.34. The van der Waals surface area contributed by atoms with Crippen LogP contribution in [-0.2, 0) is 4.79 Å². The molecule has 5 nitrogen and oxygen atoms in total. The highest BCUT2D eigenvalue weighted by Gasteiger charge is 2.31. The molecule has 6 heteroatoms. The Hall–Kier alpha value is -1.69. The smallest absolute Gasteiger partial charge is 0.320 e. The third kappa shape index (κ3) is 4.83. The van der Waals surface area contributed by atoms with Crippen molar-refractivity contribution >= 4 is 29.4 Å². The minimum Gasteiger partial charge on any atom is -0.326 e. The van der Waals surface area contributed by atoms with Gasteiger partial charge < -0.3 is 15.1 Å². The van der Waals surface area contributed by atoms with Gasteiger partial charge in [-0.3, -0.25) is 4.79 Å². The number of amides is 3. The normalized spacial score (nSPS) is 23.2. The Bertz CT molecular complexity index is 682. The highest BCUT2D eigenvalue weighted by atomic mass is 32.2. The topological polar surface area (TPSA) is 52.7 Å². The lowest BCUT2D eigenvalue weighted by Crippen LogP contribution is -2.48. The summed E-state index contributed by atoms with van der Waals surface area (Å²) in [4.78, 5) is 30.5. The Labute approximate surface area is 172 Å². The maximum atomic E-state index is 12.8. The van der Waals surface area contributed by atoms with Crippen molar-refractivity contribution in [2.75, 3.05) is 31.5 Å². The third-order valence-electron chi connectivity index (χ3n) is 6.17. The van der Waals surface area contributed by atoms with E-state index in [1.807, 2.05) is 33.7 Å². The molecule has 1 atom stereocenters. The first-order valence-corrected chi connectivity index (χ1v) is 11.7. The van der Waals surface area contributed by atoms with Crippen LogP contribution in [-0.4, -0.2) is 53.2 Å². The lowest BCUT2D eigenvalue weighted by atomic mass is 9.97. The van der Waals surface area contributed by atoms with E-state index in [9.17, 15) is 9.59 Å². The van der Waals surface area contributed by atoms with Crippen molar-refractivity contribution < 1.29 is 9.59 Å². The van der Waals surface area contributed by atoms with Gasteiger partial charge in [0.1, 0.15) is 0 Å². The number of carbonyl (C=O) groups excluding carboxylic acids is 2. The summed E-state index contributed by atoms with van der Waals surface area (Å²) in [6.07, 6.45) is 9.28. The van der Waals surface area contributed by atoms with Crippen molar-refractivity contribution in [3.63, 3.8) is 0 Å². The first-order chi connectivity index (χ1) is 13.7. The van der Waals surface area contributed by atoms with E-state index in [-0.39, 0.29) is 17.9 Å². The van der Waals surface area contributed by atoms with E-state index in [1.54, 1.807) is 0 Å². The molecular formula is C22H31N3O2S. The van der Waals surface area contributed by atoms with Crippen LogP contribution in [0.4, 0.5) is 10.5 Å². The van der Waals surface area contributed by atoms with E-state index in [1.165, 1.54) is 30.6 Å². The number of piperidine rings is 1. The molecule has 28 heavy (non-hydrogen) atoms. The first-order valence-electron chi connectivity index (χ1n) is 10.8. The number of nitrogens with zero attached hydrogens (tertiary/aromatic N) is 2. The molecule has 1 aliphatic carbocycles. The Morgan fingerprint density at radius 1 is 0.857 bits per heavy atom. The summed E-state index contributed by atoms with van der Waals surface area (Å²) in [5.41, 5.74) is 0.851. The summed E-state index contributed by atoms with van der Waals surface area (Å²) < 4.78 is 0. The molecule has 4 rings (SSSR count). The highest BCUT2D eigenvalue weighted by molar-refractivity contribution is 8.00. The number of anilines is 1. The van der Waals surface area contributed by atoms with Crippen LogP contribution in [0.1, 0.15) is 51.4 Å². The molecule has 0 aromatic heterocycles. The summed E-state index contributed by atoms with van der Waals surface area (Å²) >= 11 is 1.96.